The van der Waals surface area contributed by atoms with Gasteiger partial charge in [-0.25, -0.2) is 0 Å². The number of aliphatic hydroxyl groups is 1. The number of hydrogen-bond acceptors (Lipinski definition) is 2. The molecule has 0 saturated carbocycles. The lowest BCUT2D eigenvalue weighted by Gasteiger charge is -2.22. The first-order valence-electron chi connectivity index (χ1n) is 5.48. The highest BCUT2D eigenvalue weighted by Crippen LogP contribution is 2.34. The van der Waals surface area contributed by atoms with Crippen LogP contribution in [-0.2, 0) is 11.2 Å². The third kappa shape index (κ3) is 2.39. The molecule has 15 heavy (non-hydrogen) atoms. The summed E-state index contributed by atoms with van der Waals surface area (Å²) in [7, 11) is 0. The fourth-order valence-corrected chi connectivity index (χ4v) is 1.98. The third-order valence-electron chi connectivity index (χ3n) is 3.16. The summed E-state index contributed by atoms with van der Waals surface area (Å²) in [6, 6.07) is 10.3. The molecular weight excluding hydrogens is 188 g/mol. The number of benzene rings is 1. The minimum absolute atomic E-state index is 0.236. The van der Waals surface area contributed by atoms with E-state index in [0.717, 1.165) is 6.42 Å². The van der Waals surface area contributed by atoms with Crippen molar-refractivity contribution in [3.05, 3.63) is 35.9 Å². The summed E-state index contributed by atoms with van der Waals surface area (Å²) in [4.78, 5) is 0. The molecule has 0 unspecified atom stereocenters. The largest absolute Gasteiger partial charge is 0.390 e. The van der Waals surface area contributed by atoms with E-state index in [4.69, 9.17) is 4.74 Å². The van der Waals surface area contributed by atoms with Gasteiger partial charge >= 0.3 is 0 Å². The zero-order valence-corrected chi connectivity index (χ0v) is 9.31. The molecule has 0 aromatic heterocycles. The average molecular weight is 206 g/mol. The van der Waals surface area contributed by atoms with Gasteiger partial charge in [0.2, 0.25) is 0 Å². The highest BCUT2D eigenvalue weighted by molar-refractivity contribution is 5.16. The Balaban J connectivity index is 1.95. The van der Waals surface area contributed by atoms with Crippen LogP contribution >= 0.6 is 0 Å². The van der Waals surface area contributed by atoms with Gasteiger partial charge in [0, 0.05) is 0 Å². The molecule has 1 aromatic rings. The van der Waals surface area contributed by atoms with Crippen molar-refractivity contribution in [2.24, 2.45) is 5.92 Å². The second-order valence-electron chi connectivity index (χ2n) is 4.71. The van der Waals surface area contributed by atoms with E-state index >= 15 is 0 Å². The predicted octanol–water partition coefficient (Wildman–Crippen LogP) is 2.01. The van der Waals surface area contributed by atoms with Gasteiger partial charge in [-0.1, -0.05) is 37.3 Å². The van der Waals surface area contributed by atoms with Crippen LogP contribution in [0.3, 0.4) is 0 Å². The maximum atomic E-state index is 10.1. The number of aliphatic hydroxyl groups excluding tert-OH is 1. The van der Waals surface area contributed by atoms with E-state index in [0.29, 0.717) is 6.61 Å². The molecule has 0 bridgehead atoms. The van der Waals surface area contributed by atoms with Gasteiger partial charge in [-0.15, -0.1) is 0 Å². The van der Waals surface area contributed by atoms with Crippen LogP contribution < -0.4 is 0 Å². The first-order chi connectivity index (χ1) is 7.12. The summed E-state index contributed by atoms with van der Waals surface area (Å²) >= 11 is 0. The van der Waals surface area contributed by atoms with Gasteiger partial charge in [0.25, 0.3) is 0 Å². The van der Waals surface area contributed by atoms with Crippen molar-refractivity contribution in [3.8, 4) is 0 Å². The van der Waals surface area contributed by atoms with Gasteiger partial charge in [-0.2, -0.15) is 0 Å². The maximum absolute atomic E-state index is 10.1. The van der Waals surface area contributed by atoms with Gasteiger partial charge < -0.3 is 9.84 Å². The van der Waals surface area contributed by atoms with Crippen LogP contribution in [0, 0.1) is 5.92 Å². The molecule has 82 valence electrons. The second-order valence-corrected chi connectivity index (χ2v) is 4.71. The summed E-state index contributed by atoms with van der Waals surface area (Å²) in [5, 5.41) is 10.1. The molecule has 0 radical (unpaired) electrons. The Kier molecular flexibility index (Phi) is 2.81. The van der Waals surface area contributed by atoms with Crippen molar-refractivity contribution in [2.45, 2.75) is 32.0 Å². The molecule has 1 aliphatic heterocycles. The lowest BCUT2D eigenvalue weighted by molar-refractivity contribution is 0.0411. The Bertz CT molecular complexity index is 317. The number of hydrogen-bond donors (Lipinski definition) is 1. The molecule has 3 atom stereocenters. The minimum Gasteiger partial charge on any atom is -0.390 e. The molecule has 1 fully saturated rings. The molecule has 1 N–H and O–H groups in total. The third-order valence-corrected chi connectivity index (χ3v) is 3.16. The van der Waals surface area contributed by atoms with E-state index in [1.165, 1.54) is 5.56 Å². The summed E-state index contributed by atoms with van der Waals surface area (Å²) in [6.07, 6.45) is 0.540. The first kappa shape index (κ1) is 10.7. The quantitative estimate of drug-likeness (QED) is 0.764. The normalized spacial score (nSPS) is 28.5. The Labute approximate surface area is 90.9 Å². The van der Waals surface area contributed by atoms with Crippen LogP contribution in [0.15, 0.2) is 30.3 Å². The highest BCUT2D eigenvalue weighted by atomic mass is 16.6. The number of ether oxygens (including phenoxy) is 1. The predicted molar refractivity (Wildman–Crippen MR) is 59.7 cm³/mol. The Morgan fingerprint density at radius 1 is 1.40 bits per heavy atom. The van der Waals surface area contributed by atoms with Gasteiger partial charge in [-0.05, 0) is 24.8 Å². The Morgan fingerprint density at radius 3 is 2.53 bits per heavy atom. The highest BCUT2D eigenvalue weighted by Gasteiger charge is 2.48. The smallest absolute Gasteiger partial charge is 0.115 e. The summed E-state index contributed by atoms with van der Waals surface area (Å²) < 4.78 is 5.27. The average Bonchev–Trinajstić information content (AvgIpc) is 2.98. The topological polar surface area (TPSA) is 32.8 Å². The standard InChI is InChI=1S/C13H18O2/c1-10(12(14)13(2)9-15-13)8-11-6-4-3-5-7-11/h3-7,10,12,14H,8-9H2,1-2H3/t10-,12-,13+/m0/s1. The van der Waals surface area contributed by atoms with E-state index in [2.05, 4.69) is 19.1 Å². The van der Waals surface area contributed by atoms with Crippen LogP contribution in [0.2, 0.25) is 0 Å². The van der Waals surface area contributed by atoms with Gasteiger partial charge in [0.1, 0.15) is 5.60 Å². The van der Waals surface area contributed by atoms with Crippen molar-refractivity contribution >= 4 is 0 Å². The van der Waals surface area contributed by atoms with E-state index in [9.17, 15) is 5.11 Å². The van der Waals surface area contributed by atoms with Crippen molar-refractivity contribution in [1.82, 2.24) is 0 Å². The van der Waals surface area contributed by atoms with Crippen molar-refractivity contribution in [2.75, 3.05) is 6.61 Å². The van der Waals surface area contributed by atoms with Gasteiger partial charge in [0.05, 0.1) is 12.7 Å². The fraction of sp³-hybridized carbons (Fsp3) is 0.538. The summed E-state index contributed by atoms with van der Waals surface area (Å²) in [5.41, 5.74) is 0.988. The van der Waals surface area contributed by atoms with Crippen LogP contribution in [0.5, 0.6) is 0 Å². The summed E-state index contributed by atoms with van der Waals surface area (Å²) in [5.74, 6) is 0.236. The van der Waals surface area contributed by atoms with Crippen LogP contribution in [0.1, 0.15) is 19.4 Å². The van der Waals surface area contributed by atoms with E-state index < -0.39 is 0 Å². The monoisotopic (exact) mass is 206 g/mol. The lowest BCUT2D eigenvalue weighted by atomic mass is 9.89. The Hall–Kier alpha value is -0.860. The number of rotatable bonds is 4. The van der Waals surface area contributed by atoms with Gasteiger partial charge in [0.15, 0.2) is 0 Å². The first-order valence-corrected chi connectivity index (χ1v) is 5.48. The van der Waals surface area contributed by atoms with E-state index in [1.807, 2.05) is 25.1 Å². The molecule has 2 rings (SSSR count). The molecule has 2 heteroatoms. The Morgan fingerprint density at radius 2 is 2.00 bits per heavy atom. The van der Waals surface area contributed by atoms with E-state index in [1.54, 1.807) is 0 Å². The minimum atomic E-state index is -0.363. The van der Waals surface area contributed by atoms with Crippen LogP contribution in [0.25, 0.3) is 0 Å². The number of epoxide rings is 1. The van der Waals surface area contributed by atoms with Crippen molar-refractivity contribution < 1.29 is 9.84 Å². The lowest BCUT2D eigenvalue weighted by Crippen LogP contribution is -2.33. The molecule has 0 spiro atoms. The molecule has 0 amide bonds. The van der Waals surface area contributed by atoms with Crippen molar-refractivity contribution in [1.29, 1.82) is 0 Å². The van der Waals surface area contributed by atoms with Crippen molar-refractivity contribution in [3.63, 3.8) is 0 Å². The zero-order chi connectivity index (χ0) is 10.9. The maximum Gasteiger partial charge on any atom is 0.115 e. The molecule has 1 saturated heterocycles. The molecule has 2 nitrogen and oxygen atoms in total. The van der Waals surface area contributed by atoms with Gasteiger partial charge in [-0.3, -0.25) is 0 Å². The summed E-state index contributed by atoms with van der Waals surface area (Å²) in [6.45, 7) is 4.73. The van der Waals surface area contributed by atoms with Crippen LogP contribution in [0.4, 0.5) is 0 Å². The second kappa shape index (κ2) is 3.95. The molecule has 1 aliphatic rings. The zero-order valence-electron chi connectivity index (χ0n) is 9.31. The molecule has 1 aromatic carbocycles. The fourth-order valence-electron chi connectivity index (χ4n) is 1.98. The van der Waals surface area contributed by atoms with Crippen LogP contribution in [-0.4, -0.2) is 23.4 Å². The van der Waals surface area contributed by atoms with E-state index in [-0.39, 0.29) is 17.6 Å². The molecule has 1 heterocycles. The molecule has 0 aliphatic carbocycles. The SMILES string of the molecule is C[C@@H](Cc1ccccc1)[C@H](O)[C@@]1(C)CO1. The molecular formula is C13H18O2.